The molecule has 3 saturated heterocycles. The van der Waals surface area contributed by atoms with Gasteiger partial charge in [-0.3, -0.25) is 39.2 Å². The van der Waals surface area contributed by atoms with Crippen molar-refractivity contribution in [3.63, 3.8) is 0 Å². The third kappa shape index (κ3) is 9.40. The average Bonchev–Trinajstić information content (AvgIpc) is 3.36. The third-order valence-corrected chi connectivity index (χ3v) is 11.3. The first-order chi connectivity index (χ1) is 27.9. The van der Waals surface area contributed by atoms with Crippen LogP contribution in [0.5, 0.6) is 5.75 Å². The molecule has 0 radical (unpaired) electrons. The van der Waals surface area contributed by atoms with E-state index in [-0.39, 0.29) is 36.0 Å². The Morgan fingerprint density at radius 1 is 1.08 bits per heavy atom. The van der Waals surface area contributed by atoms with E-state index in [9.17, 15) is 42.0 Å². The van der Waals surface area contributed by atoms with Crippen LogP contribution in [0.4, 0.5) is 40.3 Å². The number of ether oxygens (including phenoxy) is 1. The molecule has 0 aliphatic carbocycles. The standard InChI is InChI=1S/C40H45F4N9O5S/c1-5-24-16-28(53-38(59)52(37(57)39(53,3)4)29-20-30(40(42,43)44)32(21-45)46-22-29)6-8-33(24)58-15-14-50-10-12-51(13-11-50)23(2)35(55)48-27-18-25(41)17-26(19-27)47-31-7-9-34(54)49-36(31)56/h6,8,16-20,22-23,31,38,47,59H,5,7,9-15H2,1-4H3,(H,48,55)(H,49,54,56)/t23-,31-,38+/m1/s1. The van der Waals surface area contributed by atoms with Gasteiger partial charge < -0.3 is 20.3 Å². The van der Waals surface area contributed by atoms with E-state index in [0.29, 0.717) is 62.9 Å². The molecule has 19 heteroatoms. The Balaban J connectivity index is 1.01. The van der Waals surface area contributed by atoms with Crippen LogP contribution in [0.3, 0.4) is 0 Å². The second-order valence-electron chi connectivity index (χ2n) is 15.1. The Kier molecular flexibility index (Phi) is 12.7. The topological polar surface area (TPSA) is 163 Å². The molecule has 0 bridgehead atoms. The Morgan fingerprint density at radius 3 is 2.46 bits per heavy atom. The summed E-state index contributed by atoms with van der Waals surface area (Å²) in [6.07, 6.45) is -2.75. The molecule has 3 N–H and O–H groups in total. The van der Waals surface area contributed by atoms with Gasteiger partial charge in [-0.2, -0.15) is 18.4 Å². The molecule has 0 unspecified atom stereocenters. The number of carbonyl (C=O) groups is 4. The van der Waals surface area contributed by atoms with E-state index in [2.05, 4.69) is 38.5 Å². The van der Waals surface area contributed by atoms with Crippen molar-refractivity contribution in [1.82, 2.24) is 20.1 Å². The van der Waals surface area contributed by atoms with Crippen LogP contribution in [0.2, 0.25) is 0 Å². The molecule has 59 heavy (non-hydrogen) atoms. The number of alkyl halides is 3. The van der Waals surface area contributed by atoms with E-state index >= 15 is 0 Å². The van der Waals surface area contributed by atoms with Gasteiger partial charge in [0.1, 0.15) is 35.8 Å². The van der Waals surface area contributed by atoms with Crippen LogP contribution in [0.25, 0.3) is 0 Å². The summed E-state index contributed by atoms with van der Waals surface area (Å²) in [5, 5.41) is 17.1. The van der Waals surface area contributed by atoms with Gasteiger partial charge >= 0.3 is 6.18 Å². The van der Waals surface area contributed by atoms with E-state index in [1.165, 1.54) is 18.2 Å². The molecular formula is C40H45F4N9O5S. The maximum absolute atomic E-state index is 14.5. The minimum absolute atomic E-state index is 0.133. The summed E-state index contributed by atoms with van der Waals surface area (Å²) in [5.74, 6) is -1.60. The van der Waals surface area contributed by atoms with Gasteiger partial charge in [0.05, 0.1) is 23.5 Å². The zero-order valence-electron chi connectivity index (χ0n) is 32.9. The molecular weight excluding hydrogens is 795 g/mol. The van der Waals surface area contributed by atoms with Crippen molar-refractivity contribution in [2.24, 2.45) is 0 Å². The number of hydrogen-bond donors (Lipinski definition) is 4. The number of anilines is 4. The number of amides is 4. The van der Waals surface area contributed by atoms with Gasteiger partial charge in [0.25, 0.3) is 5.91 Å². The van der Waals surface area contributed by atoms with E-state index < -0.39 is 58.2 Å². The second kappa shape index (κ2) is 17.4. The first-order valence-electron chi connectivity index (χ1n) is 19.1. The van der Waals surface area contributed by atoms with Crippen LogP contribution in [0.1, 0.15) is 57.4 Å². The number of nitrogens with one attached hydrogen (secondary N) is 3. The molecule has 4 heterocycles. The largest absolute Gasteiger partial charge is 0.492 e. The predicted octanol–water partition coefficient (Wildman–Crippen LogP) is 4.76. The van der Waals surface area contributed by atoms with Crippen molar-refractivity contribution in [3.05, 3.63) is 71.3 Å². The average molecular weight is 840 g/mol. The number of piperazine rings is 1. The van der Waals surface area contributed by atoms with Gasteiger partial charge in [-0.05, 0) is 81.6 Å². The minimum atomic E-state index is -4.85. The number of piperidine rings is 1. The van der Waals surface area contributed by atoms with Crippen LogP contribution in [0, 0.1) is 17.1 Å². The smallest absolute Gasteiger partial charge is 0.419 e. The third-order valence-electron chi connectivity index (χ3n) is 10.8. The Morgan fingerprint density at radius 2 is 1.80 bits per heavy atom. The van der Waals surface area contributed by atoms with Gasteiger partial charge in [0.15, 0.2) is 11.2 Å². The molecule has 3 aliphatic heterocycles. The van der Waals surface area contributed by atoms with E-state index in [1.807, 2.05) is 17.9 Å². The molecule has 0 saturated carbocycles. The van der Waals surface area contributed by atoms with Gasteiger partial charge in [0.2, 0.25) is 17.7 Å². The first-order valence-corrected chi connectivity index (χ1v) is 19.6. The zero-order chi connectivity index (χ0) is 42.8. The fraction of sp³-hybridized carbons (Fsp3) is 0.450. The minimum Gasteiger partial charge on any atom is -0.492 e. The molecule has 3 aromatic rings. The first kappa shape index (κ1) is 43.1. The number of pyridine rings is 1. The van der Waals surface area contributed by atoms with Crippen molar-refractivity contribution in [2.75, 3.05) is 59.8 Å². The van der Waals surface area contributed by atoms with Crippen LogP contribution in [-0.2, 0) is 31.8 Å². The summed E-state index contributed by atoms with van der Waals surface area (Å²) in [4.78, 5) is 61.3. The maximum Gasteiger partial charge on any atom is 0.419 e. The lowest BCUT2D eigenvalue weighted by Gasteiger charge is -2.37. The molecule has 0 spiro atoms. The van der Waals surface area contributed by atoms with Crippen LogP contribution in [-0.4, -0.2) is 101 Å². The summed E-state index contributed by atoms with van der Waals surface area (Å²) in [5.41, 5.74) is -2.34. The lowest BCUT2D eigenvalue weighted by Crippen LogP contribution is -2.53. The summed E-state index contributed by atoms with van der Waals surface area (Å²) in [7, 11) is 0. The summed E-state index contributed by atoms with van der Waals surface area (Å²) in [6.45, 7) is 10.6. The van der Waals surface area contributed by atoms with Crippen molar-refractivity contribution in [3.8, 4) is 11.8 Å². The van der Waals surface area contributed by atoms with Gasteiger partial charge in [0, 0.05) is 56.2 Å². The summed E-state index contributed by atoms with van der Waals surface area (Å²) in [6, 6.07) is 10.4. The molecule has 3 fully saturated rings. The number of nitrogens with zero attached hydrogens (tertiary/aromatic N) is 6. The SMILES string of the molecule is CCc1cc(N2[C@@H](S)N(c3cnc(C#N)c(C(F)(F)F)c3)C(=O)C2(C)C)ccc1OCCN1CCN([C@H](C)C(=O)Nc2cc(F)cc(N[C@@H]3CCC(=O)NC3=O)c2)CC1. The molecule has 2 aromatic carbocycles. The molecule has 6 rings (SSSR count). The second-order valence-corrected chi connectivity index (χ2v) is 15.5. The van der Waals surface area contributed by atoms with Crippen LogP contribution in [0.15, 0.2) is 48.7 Å². The Hall–Kier alpha value is -5.45. The lowest BCUT2D eigenvalue weighted by molar-refractivity contribution is -0.138. The molecule has 314 valence electrons. The number of benzene rings is 2. The van der Waals surface area contributed by atoms with Crippen molar-refractivity contribution in [2.45, 2.75) is 76.3 Å². The van der Waals surface area contributed by atoms with Gasteiger partial charge in [-0.1, -0.05) is 6.92 Å². The summed E-state index contributed by atoms with van der Waals surface area (Å²) < 4.78 is 61.9. The monoisotopic (exact) mass is 839 g/mol. The number of hydrogen-bond acceptors (Lipinski definition) is 12. The predicted molar refractivity (Wildman–Crippen MR) is 214 cm³/mol. The quantitative estimate of drug-likeness (QED) is 0.113. The van der Waals surface area contributed by atoms with E-state index in [4.69, 9.17) is 4.74 Å². The van der Waals surface area contributed by atoms with Crippen LogP contribution < -0.4 is 30.5 Å². The van der Waals surface area contributed by atoms with E-state index in [1.54, 1.807) is 43.9 Å². The number of nitriles is 1. The number of aromatic nitrogens is 1. The highest BCUT2D eigenvalue weighted by Crippen LogP contribution is 2.43. The number of thiol groups is 1. The summed E-state index contributed by atoms with van der Waals surface area (Å²) >= 11 is 4.68. The molecule has 3 aliphatic rings. The fourth-order valence-electron chi connectivity index (χ4n) is 7.49. The van der Waals surface area contributed by atoms with Gasteiger partial charge in [-0.25, -0.2) is 9.37 Å². The Labute approximate surface area is 344 Å². The van der Waals surface area contributed by atoms with Crippen molar-refractivity contribution >= 4 is 59.0 Å². The Bertz CT molecular complexity index is 2160. The van der Waals surface area contributed by atoms with E-state index in [0.717, 1.165) is 22.7 Å². The highest BCUT2D eigenvalue weighted by atomic mass is 32.1. The van der Waals surface area contributed by atoms with Crippen LogP contribution >= 0.6 is 12.6 Å². The zero-order valence-corrected chi connectivity index (χ0v) is 33.8. The maximum atomic E-state index is 14.5. The number of rotatable bonds is 12. The number of carbonyl (C=O) groups excluding carboxylic acids is 4. The van der Waals surface area contributed by atoms with Crippen molar-refractivity contribution in [1.29, 1.82) is 5.26 Å². The normalized spacial score (nSPS) is 20.6. The number of imide groups is 1. The molecule has 4 amide bonds. The van der Waals surface area contributed by atoms with Crippen molar-refractivity contribution < 1.29 is 41.5 Å². The fourth-order valence-corrected chi connectivity index (χ4v) is 8.15. The number of halogens is 4. The molecule has 14 nitrogen and oxygen atoms in total. The molecule has 1 aromatic heterocycles. The lowest BCUT2D eigenvalue weighted by atomic mass is 10.0. The van der Waals surface area contributed by atoms with Gasteiger partial charge in [-0.15, -0.1) is 12.6 Å². The highest BCUT2D eigenvalue weighted by molar-refractivity contribution is 7.81. The highest BCUT2D eigenvalue weighted by Gasteiger charge is 2.52. The number of aryl methyl sites for hydroxylation is 1. The molecule has 3 atom stereocenters.